The number of aromatic nitrogens is 2. The Morgan fingerprint density at radius 3 is 2.35 bits per heavy atom. The summed E-state index contributed by atoms with van der Waals surface area (Å²) in [6.07, 6.45) is 0. The molecule has 1 amide bonds. The third-order valence-corrected chi connectivity index (χ3v) is 4.97. The lowest BCUT2D eigenvalue weighted by atomic mass is 10.1. The molecule has 2 aromatic rings. The Balaban J connectivity index is 2.00. The first-order valence-corrected chi connectivity index (χ1v) is 8.77. The lowest BCUT2D eigenvalue weighted by Gasteiger charge is -2.10. The standard InChI is InChI=1S/C15H18N4O2S2/c1-8(2)13(21)17-11-6-4-10(5-7-11)12(20)9(3)22-15-19-18-14(16)23-15/h4-9H,1-3H3,(H2,16,18)(H,17,21). The summed E-state index contributed by atoms with van der Waals surface area (Å²) in [6.45, 7) is 5.47. The van der Waals surface area contributed by atoms with Gasteiger partial charge < -0.3 is 11.1 Å². The van der Waals surface area contributed by atoms with E-state index in [1.807, 2.05) is 20.8 Å². The Kier molecular flexibility index (Phi) is 5.73. The van der Waals surface area contributed by atoms with Crippen LogP contribution in [0.15, 0.2) is 28.6 Å². The lowest BCUT2D eigenvalue weighted by Crippen LogP contribution is -2.18. The number of nitrogens with two attached hydrogens (primary N) is 1. The van der Waals surface area contributed by atoms with Crippen LogP contribution < -0.4 is 11.1 Å². The van der Waals surface area contributed by atoms with E-state index in [1.165, 1.54) is 23.1 Å². The molecule has 0 fully saturated rings. The minimum absolute atomic E-state index is 0.00879. The first kappa shape index (κ1) is 17.4. The van der Waals surface area contributed by atoms with Crippen LogP contribution in [0.2, 0.25) is 0 Å². The largest absolute Gasteiger partial charge is 0.374 e. The zero-order valence-electron chi connectivity index (χ0n) is 13.1. The number of hydrogen-bond acceptors (Lipinski definition) is 7. The van der Waals surface area contributed by atoms with Crippen molar-refractivity contribution in [3.05, 3.63) is 29.8 Å². The molecule has 1 aromatic heterocycles. The average Bonchev–Trinajstić information content (AvgIpc) is 2.92. The molecule has 1 atom stereocenters. The van der Waals surface area contributed by atoms with Gasteiger partial charge >= 0.3 is 0 Å². The van der Waals surface area contributed by atoms with E-state index in [0.717, 1.165) is 0 Å². The summed E-state index contributed by atoms with van der Waals surface area (Å²) in [5, 5.41) is 10.5. The van der Waals surface area contributed by atoms with Gasteiger partial charge in [-0.3, -0.25) is 9.59 Å². The number of rotatable bonds is 6. The molecular formula is C15H18N4O2S2. The number of amides is 1. The van der Waals surface area contributed by atoms with Crippen LogP contribution in [0.25, 0.3) is 0 Å². The molecule has 6 nitrogen and oxygen atoms in total. The summed E-state index contributed by atoms with van der Waals surface area (Å²) < 4.78 is 0.671. The Labute approximate surface area is 142 Å². The van der Waals surface area contributed by atoms with Crippen molar-refractivity contribution in [1.29, 1.82) is 0 Å². The Morgan fingerprint density at radius 2 is 1.83 bits per heavy atom. The Hall–Kier alpha value is -1.93. The summed E-state index contributed by atoms with van der Waals surface area (Å²) in [4.78, 5) is 24.1. The van der Waals surface area contributed by atoms with Crippen molar-refractivity contribution >= 4 is 45.6 Å². The number of hydrogen-bond donors (Lipinski definition) is 2. The fraction of sp³-hybridized carbons (Fsp3) is 0.333. The minimum Gasteiger partial charge on any atom is -0.374 e. The van der Waals surface area contributed by atoms with Crippen LogP contribution in [0.4, 0.5) is 10.8 Å². The number of nitrogens with zero attached hydrogens (tertiary/aromatic N) is 2. The first-order valence-electron chi connectivity index (χ1n) is 7.07. The zero-order valence-corrected chi connectivity index (χ0v) is 14.7. The molecule has 0 aliphatic rings. The smallest absolute Gasteiger partial charge is 0.226 e. The monoisotopic (exact) mass is 350 g/mol. The molecule has 0 saturated heterocycles. The van der Waals surface area contributed by atoms with Gasteiger partial charge in [0.15, 0.2) is 10.1 Å². The summed E-state index contributed by atoms with van der Waals surface area (Å²) in [5.74, 6) is -0.153. The van der Waals surface area contributed by atoms with E-state index < -0.39 is 0 Å². The molecule has 3 N–H and O–H groups in total. The maximum atomic E-state index is 12.4. The summed E-state index contributed by atoms with van der Waals surface area (Å²) in [7, 11) is 0. The van der Waals surface area contributed by atoms with Crippen LogP contribution in [0.3, 0.4) is 0 Å². The zero-order chi connectivity index (χ0) is 17.0. The molecule has 0 aliphatic carbocycles. The van der Waals surface area contributed by atoms with E-state index in [1.54, 1.807) is 24.3 Å². The number of thioether (sulfide) groups is 1. The second-order valence-electron chi connectivity index (χ2n) is 5.25. The maximum Gasteiger partial charge on any atom is 0.226 e. The molecular weight excluding hydrogens is 332 g/mol. The number of nitrogen functional groups attached to an aromatic ring is 1. The Bertz CT molecular complexity index is 698. The van der Waals surface area contributed by atoms with Gasteiger partial charge in [-0.15, -0.1) is 10.2 Å². The van der Waals surface area contributed by atoms with Gasteiger partial charge in [0.1, 0.15) is 0 Å². The van der Waals surface area contributed by atoms with Crippen molar-refractivity contribution in [3.63, 3.8) is 0 Å². The summed E-state index contributed by atoms with van der Waals surface area (Å²) >= 11 is 2.59. The van der Waals surface area contributed by atoms with Gasteiger partial charge in [-0.05, 0) is 31.2 Å². The van der Waals surface area contributed by atoms with E-state index in [9.17, 15) is 9.59 Å². The second kappa shape index (κ2) is 7.56. The van der Waals surface area contributed by atoms with E-state index >= 15 is 0 Å². The van der Waals surface area contributed by atoms with Gasteiger partial charge in [0.05, 0.1) is 5.25 Å². The normalized spacial score (nSPS) is 12.2. The number of carbonyl (C=O) groups is 2. The van der Waals surface area contributed by atoms with Crippen molar-refractivity contribution in [2.45, 2.75) is 30.4 Å². The highest BCUT2D eigenvalue weighted by Crippen LogP contribution is 2.29. The summed E-state index contributed by atoms with van der Waals surface area (Å²) in [6, 6.07) is 6.88. The highest BCUT2D eigenvalue weighted by Gasteiger charge is 2.18. The van der Waals surface area contributed by atoms with Gasteiger partial charge in [0, 0.05) is 17.2 Å². The molecule has 23 heavy (non-hydrogen) atoms. The average molecular weight is 350 g/mol. The fourth-order valence-corrected chi connectivity index (χ4v) is 3.57. The summed E-state index contributed by atoms with van der Waals surface area (Å²) in [5.41, 5.74) is 6.80. The molecule has 122 valence electrons. The van der Waals surface area contributed by atoms with E-state index in [0.29, 0.717) is 20.7 Å². The number of benzene rings is 1. The predicted octanol–water partition coefficient (Wildman–Crippen LogP) is 3.08. The van der Waals surface area contributed by atoms with Crippen LogP contribution in [-0.2, 0) is 4.79 Å². The van der Waals surface area contributed by atoms with Crippen LogP contribution in [-0.4, -0.2) is 27.1 Å². The topological polar surface area (TPSA) is 98.0 Å². The molecule has 1 unspecified atom stereocenters. The highest BCUT2D eigenvalue weighted by atomic mass is 32.2. The quantitative estimate of drug-likeness (QED) is 0.614. The molecule has 2 rings (SSSR count). The minimum atomic E-state index is -0.293. The van der Waals surface area contributed by atoms with Gasteiger partial charge in [-0.25, -0.2) is 0 Å². The van der Waals surface area contributed by atoms with Crippen LogP contribution in [0, 0.1) is 5.92 Å². The van der Waals surface area contributed by atoms with Crippen molar-refractivity contribution in [3.8, 4) is 0 Å². The van der Waals surface area contributed by atoms with Gasteiger partial charge in [0.25, 0.3) is 0 Å². The highest BCUT2D eigenvalue weighted by molar-refractivity contribution is 8.02. The van der Waals surface area contributed by atoms with E-state index in [4.69, 9.17) is 5.73 Å². The number of nitrogens with one attached hydrogen (secondary N) is 1. The van der Waals surface area contributed by atoms with Crippen molar-refractivity contribution in [2.75, 3.05) is 11.1 Å². The third kappa shape index (κ3) is 4.77. The van der Waals surface area contributed by atoms with Crippen LogP contribution in [0.1, 0.15) is 31.1 Å². The van der Waals surface area contributed by atoms with Crippen LogP contribution in [0.5, 0.6) is 0 Å². The molecule has 8 heteroatoms. The number of Topliss-reactive ketones (excluding diaryl/α,β-unsaturated/α-hetero) is 1. The number of carbonyl (C=O) groups excluding carboxylic acids is 2. The molecule has 1 aromatic carbocycles. The predicted molar refractivity (Wildman–Crippen MR) is 93.9 cm³/mol. The molecule has 0 saturated carbocycles. The molecule has 0 bridgehead atoms. The maximum absolute atomic E-state index is 12.4. The van der Waals surface area contributed by atoms with Gasteiger partial charge in [-0.1, -0.05) is 36.9 Å². The second-order valence-corrected chi connectivity index (χ2v) is 7.85. The van der Waals surface area contributed by atoms with Crippen molar-refractivity contribution in [1.82, 2.24) is 10.2 Å². The molecule has 0 radical (unpaired) electrons. The third-order valence-electron chi connectivity index (χ3n) is 3.03. The molecule has 1 heterocycles. The van der Waals surface area contributed by atoms with Crippen LogP contribution >= 0.6 is 23.1 Å². The molecule has 0 spiro atoms. The number of anilines is 2. The molecule has 0 aliphatic heterocycles. The lowest BCUT2D eigenvalue weighted by molar-refractivity contribution is -0.118. The number of ketones is 1. The first-order chi connectivity index (χ1) is 10.9. The van der Waals surface area contributed by atoms with Gasteiger partial charge in [-0.2, -0.15) is 0 Å². The van der Waals surface area contributed by atoms with E-state index in [2.05, 4.69) is 15.5 Å². The fourth-order valence-electron chi connectivity index (χ4n) is 1.71. The SMILES string of the molecule is CC(C)C(=O)Nc1ccc(C(=O)C(C)Sc2nnc(N)s2)cc1. The van der Waals surface area contributed by atoms with E-state index in [-0.39, 0.29) is 22.9 Å². The van der Waals surface area contributed by atoms with Crippen molar-refractivity contribution in [2.24, 2.45) is 5.92 Å². The van der Waals surface area contributed by atoms with Crippen molar-refractivity contribution < 1.29 is 9.59 Å². The van der Waals surface area contributed by atoms with Gasteiger partial charge in [0.2, 0.25) is 11.0 Å². The Morgan fingerprint density at radius 1 is 1.17 bits per heavy atom.